The van der Waals surface area contributed by atoms with Gasteiger partial charge in [-0.25, -0.2) is 0 Å². The van der Waals surface area contributed by atoms with Gasteiger partial charge in [-0.1, -0.05) is 28.5 Å². The predicted octanol–water partition coefficient (Wildman–Crippen LogP) is 3.43. The van der Waals surface area contributed by atoms with Gasteiger partial charge in [0.2, 0.25) is 0 Å². The lowest BCUT2D eigenvalue weighted by atomic mass is 9.98. The highest BCUT2D eigenvalue weighted by Crippen LogP contribution is 2.18. The van der Waals surface area contributed by atoms with Crippen molar-refractivity contribution < 1.29 is 19.2 Å². The first-order valence-corrected chi connectivity index (χ1v) is 9.33. The molecule has 0 spiro atoms. The fourth-order valence-corrected chi connectivity index (χ4v) is 2.74. The van der Waals surface area contributed by atoms with Crippen molar-refractivity contribution in [1.82, 2.24) is 5.32 Å². The van der Waals surface area contributed by atoms with Gasteiger partial charge in [-0.3, -0.25) is 4.79 Å². The Morgan fingerprint density at radius 3 is 2.45 bits per heavy atom. The predicted molar refractivity (Wildman–Crippen MR) is 113 cm³/mol. The molecule has 0 bridgehead atoms. The van der Waals surface area contributed by atoms with Crippen molar-refractivity contribution >= 4 is 17.3 Å². The Bertz CT molecular complexity index is 889. The molecule has 7 heteroatoms. The van der Waals surface area contributed by atoms with Crippen molar-refractivity contribution in [2.75, 3.05) is 20.8 Å². The van der Waals surface area contributed by atoms with Gasteiger partial charge >= 0.3 is 0 Å². The van der Waals surface area contributed by atoms with Gasteiger partial charge in [0.05, 0.1) is 12.3 Å². The molecule has 1 N–H and O–H groups in total. The van der Waals surface area contributed by atoms with E-state index in [2.05, 4.69) is 15.6 Å². The van der Waals surface area contributed by atoms with Crippen LogP contribution in [0.2, 0.25) is 0 Å². The van der Waals surface area contributed by atoms with E-state index < -0.39 is 0 Å². The summed E-state index contributed by atoms with van der Waals surface area (Å²) in [6.07, 6.45) is 0. The van der Waals surface area contributed by atoms with Crippen LogP contribution in [-0.2, 0) is 21.1 Å². The minimum Gasteiger partial charge on any atom is -0.494 e. The maximum atomic E-state index is 12.2. The molecule has 1 amide bonds. The average Bonchev–Trinajstić information content (AvgIpc) is 2.73. The lowest BCUT2D eigenvalue weighted by molar-refractivity contribution is -0.114. The number of oxime groups is 2. The average molecular weight is 397 g/mol. The lowest BCUT2D eigenvalue weighted by Gasteiger charge is -2.13. The lowest BCUT2D eigenvalue weighted by Crippen LogP contribution is -2.29. The standard InChI is InChI=1S/C22H27N3O4/c1-6-28-18-12-10-17(11-13-18)16(3)24-29-14-20-15(2)8-7-9-19(20)21(25-27-5)22(26)23-4/h7-13H,6,14H2,1-5H3,(H,23,26)/b24-16+,25-21+. The Morgan fingerprint density at radius 1 is 1.10 bits per heavy atom. The number of nitrogens with zero attached hydrogens (tertiary/aromatic N) is 2. The van der Waals surface area contributed by atoms with E-state index in [1.54, 1.807) is 7.05 Å². The zero-order valence-electron chi connectivity index (χ0n) is 17.5. The van der Waals surface area contributed by atoms with Gasteiger partial charge in [0.15, 0.2) is 5.71 Å². The van der Waals surface area contributed by atoms with Gasteiger partial charge in [-0.2, -0.15) is 0 Å². The molecule has 0 heterocycles. The minimum absolute atomic E-state index is 0.185. The van der Waals surface area contributed by atoms with Crippen molar-refractivity contribution in [3.8, 4) is 5.75 Å². The normalized spacial score (nSPS) is 11.8. The number of rotatable bonds is 9. The summed E-state index contributed by atoms with van der Waals surface area (Å²) in [5.41, 5.74) is 4.27. The first-order chi connectivity index (χ1) is 14.0. The van der Waals surface area contributed by atoms with E-state index in [9.17, 15) is 4.79 Å². The molecule has 0 unspecified atom stereocenters. The molecule has 2 aromatic carbocycles. The van der Waals surface area contributed by atoms with E-state index in [1.807, 2.05) is 63.2 Å². The molecule has 0 aromatic heterocycles. The van der Waals surface area contributed by atoms with Gasteiger partial charge in [-0.15, -0.1) is 0 Å². The van der Waals surface area contributed by atoms with Crippen LogP contribution in [-0.4, -0.2) is 38.1 Å². The largest absolute Gasteiger partial charge is 0.494 e. The molecule has 0 aliphatic rings. The van der Waals surface area contributed by atoms with Gasteiger partial charge in [-0.05, 0) is 56.2 Å². The molecular formula is C22H27N3O4. The van der Waals surface area contributed by atoms with Gasteiger partial charge in [0.1, 0.15) is 19.5 Å². The van der Waals surface area contributed by atoms with Crippen LogP contribution >= 0.6 is 0 Å². The maximum absolute atomic E-state index is 12.2. The van der Waals surface area contributed by atoms with Crippen molar-refractivity contribution in [2.24, 2.45) is 10.3 Å². The molecule has 0 aliphatic heterocycles. The van der Waals surface area contributed by atoms with E-state index in [1.165, 1.54) is 7.11 Å². The molecule has 2 aromatic rings. The van der Waals surface area contributed by atoms with Crippen LogP contribution in [0.4, 0.5) is 0 Å². The Morgan fingerprint density at radius 2 is 1.83 bits per heavy atom. The van der Waals surface area contributed by atoms with E-state index in [0.717, 1.165) is 28.2 Å². The van der Waals surface area contributed by atoms with Crippen LogP contribution in [0.5, 0.6) is 5.75 Å². The minimum atomic E-state index is -0.340. The number of benzene rings is 2. The van der Waals surface area contributed by atoms with E-state index in [0.29, 0.717) is 12.2 Å². The molecule has 154 valence electrons. The fraction of sp³-hybridized carbons (Fsp3) is 0.318. The molecular weight excluding hydrogens is 370 g/mol. The Kier molecular flexibility index (Phi) is 8.21. The molecule has 0 aliphatic carbocycles. The molecule has 0 atom stereocenters. The number of carbonyl (C=O) groups excluding carboxylic acids is 1. The second-order valence-electron chi connectivity index (χ2n) is 6.21. The zero-order chi connectivity index (χ0) is 21.2. The quantitative estimate of drug-likeness (QED) is 0.519. The summed E-state index contributed by atoms with van der Waals surface area (Å²) >= 11 is 0. The first kappa shape index (κ1) is 21.9. The number of ether oxygens (including phenoxy) is 1. The number of likely N-dealkylation sites (N-methyl/N-ethyl adjacent to an activating group) is 1. The van der Waals surface area contributed by atoms with Crippen molar-refractivity contribution in [1.29, 1.82) is 0 Å². The van der Waals surface area contributed by atoms with Crippen LogP contribution in [0.25, 0.3) is 0 Å². The summed E-state index contributed by atoms with van der Waals surface area (Å²) in [6.45, 7) is 6.58. The van der Waals surface area contributed by atoms with Gasteiger partial charge in [0, 0.05) is 18.2 Å². The number of nitrogens with one attached hydrogen (secondary N) is 1. The molecule has 0 fully saturated rings. The summed E-state index contributed by atoms with van der Waals surface area (Å²) in [4.78, 5) is 22.7. The Balaban J connectivity index is 2.20. The summed E-state index contributed by atoms with van der Waals surface area (Å²) in [5, 5.41) is 10.7. The van der Waals surface area contributed by atoms with Crippen molar-refractivity contribution in [3.05, 3.63) is 64.7 Å². The number of hydrogen-bond acceptors (Lipinski definition) is 6. The summed E-state index contributed by atoms with van der Waals surface area (Å²) in [5.74, 6) is 0.474. The molecule has 29 heavy (non-hydrogen) atoms. The molecule has 7 nitrogen and oxygen atoms in total. The summed E-state index contributed by atoms with van der Waals surface area (Å²) in [7, 11) is 2.95. The van der Waals surface area contributed by atoms with Crippen molar-refractivity contribution in [2.45, 2.75) is 27.4 Å². The second-order valence-corrected chi connectivity index (χ2v) is 6.21. The molecule has 2 rings (SSSR count). The SMILES string of the molecule is CCOc1ccc(/C(C)=N/OCc2c(C)cccc2/C(=N\OC)C(=O)NC)cc1. The number of amides is 1. The van der Waals surface area contributed by atoms with Crippen LogP contribution in [0.3, 0.4) is 0 Å². The molecule has 0 radical (unpaired) electrons. The van der Waals surface area contributed by atoms with Crippen LogP contribution in [0.15, 0.2) is 52.8 Å². The molecule has 0 saturated carbocycles. The smallest absolute Gasteiger partial charge is 0.273 e. The molecule has 0 saturated heterocycles. The van der Waals surface area contributed by atoms with Crippen LogP contribution in [0.1, 0.15) is 36.1 Å². The highest BCUT2D eigenvalue weighted by atomic mass is 16.6. The number of hydrogen-bond donors (Lipinski definition) is 1. The third-order valence-corrected chi connectivity index (χ3v) is 4.28. The third kappa shape index (κ3) is 5.81. The summed E-state index contributed by atoms with van der Waals surface area (Å²) in [6, 6.07) is 13.3. The zero-order valence-corrected chi connectivity index (χ0v) is 17.5. The maximum Gasteiger partial charge on any atom is 0.273 e. The van der Waals surface area contributed by atoms with Crippen LogP contribution < -0.4 is 10.1 Å². The van der Waals surface area contributed by atoms with E-state index in [-0.39, 0.29) is 18.2 Å². The summed E-state index contributed by atoms with van der Waals surface area (Å²) < 4.78 is 5.45. The number of aryl methyl sites for hydroxylation is 1. The highest BCUT2D eigenvalue weighted by molar-refractivity contribution is 6.45. The Hall–Kier alpha value is -3.35. The third-order valence-electron chi connectivity index (χ3n) is 4.28. The number of carbonyl (C=O) groups is 1. The fourth-order valence-electron chi connectivity index (χ4n) is 2.74. The van der Waals surface area contributed by atoms with E-state index in [4.69, 9.17) is 14.4 Å². The Labute approximate surface area is 171 Å². The van der Waals surface area contributed by atoms with E-state index >= 15 is 0 Å². The monoisotopic (exact) mass is 397 g/mol. The second kappa shape index (κ2) is 10.8. The van der Waals surface area contributed by atoms with Crippen LogP contribution in [0, 0.1) is 6.92 Å². The van der Waals surface area contributed by atoms with Gasteiger partial charge < -0.3 is 19.7 Å². The van der Waals surface area contributed by atoms with Gasteiger partial charge in [0.25, 0.3) is 5.91 Å². The highest BCUT2D eigenvalue weighted by Gasteiger charge is 2.19. The van der Waals surface area contributed by atoms with Crippen molar-refractivity contribution in [3.63, 3.8) is 0 Å². The first-order valence-electron chi connectivity index (χ1n) is 9.33. The topological polar surface area (TPSA) is 81.5 Å².